The van der Waals surface area contributed by atoms with E-state index in [1.54, 1.807) is 0 Å². The summed E-state index contributed by atoms with van der Waals surface area (Å²) in [5.74, 6) is 2.85. The van der Waals surface area contributed by atoms with Gasteiger partial charge in [-0.25, -0.2) is 8.42 Å². The number of anilines is 1. The SMILES string of the molecule is C#CCNc1ccc(S(=O)(=O)N2C[C@H](C)C[C@H](C)C2)cc1[N+](=O)[O-]. The maximum Gasteiger partial charge on any atom is 0.293 e. The van der Waals surface area contributed by atoms with Crippen LogP contribution in [0.5, 0.6) is 0 Å². The predicted molar refractivity (Wildman–Crippen MR) is 92.1 cm³/mol. The number of rotatable bonds is 5. The topological polar surface area (TPSA) is 92.6 Å². The molecule has 24 heavy (non-hydrogen) atoms. The van der Waals surface area contributed by atoms with Crippen molar-refractivity contribution < 1.29 is 13.3 Å². The van der Waals surface area contributed by atoms with E-state index in [-0.39, 0.29) is 34.7 Å². The zero-order valence-corrected chi connectivity index (χ0v) is 14.5. The van der Waals surface area contributed by atoms with Gasteiger partial charge in [-0.3, -0.25) is 10.1 Å². The molecular formula is C16H21N3O4S. The molecule has 0 radical (unpaired) electrons. The van der Waals surface area contributed by atoms with E-state index in [0.29, 0.717) is 13.1 Å². The fourth-order valence-corrected chi connectivity index (χ4v) is 4.77. The van der Waals surface area contributed by atoms with E-state index in [9.17, 15) is 18.5 Å². The minimum Gasteiger partial charge on any atom is -0.369 e. The van der Waals surface area contributed by atoms with Crippen LogP contribution in [0.4, 0.5) is 11.4 Å². The molecule has 1 aromatic rings. The summed E-state index contributed by atoms with van der Waals surface area (Å²) in [5, 5.41) is 14.0. The van der Waals surface area contributed by atoms with Crippen LogP contribution in [-0.4, -0.2) is 37.3 Å². The minimum atomic E-state index is -3.76. The molecular weight excluding hydrogens is 330 g/mol. The van der Waals surface area contributed by atoms with Crippen molar-refractivity contribution in [1.29, 1.82) is 0 Å². The largest absolute Gasteiger partial charge is 0.369 e. The van der Waals surface area contributed by atoms with Crippen molar-refractivity contribution in [3.8, 4) is 12.3 Å². The third-order valence-corrected chi connectivity index (χ3v) is 5.85. The minimum absolute atomic E-state index is 0.0678. The zero-order valence-electron chi connectivity index (χ0n) is 13.7. The molecule has 1 saturated heterocycles. The molecule has 1 aliphatic heterocycles. The number of nitro benzene ring substituents is 1. The number of hydrogen-bond acceptors (Lipinski definition) is 5. The number of hydrogen-bond donors (Lipinski definition) is 1. The molecule has 1 aliphatic rings. The van der Waals surface area contributed by atoms with E-state index >= 15 is 0 Å². The average molecular weight is 351 g/mol. The van der Waals surface area contributed by atoms with Gasteiger partial charge in [0.05, 0.1) is 16.4 Å². The Morgan fingerprint density at radius 3 is 2.54 bits per heavy atom. The maximum atomic E-state index is 12.8. The van der Waals surface area contributed by atoms with Gasteiger partial charge in [-0.05, 0) is 30.4 Å². The quantitative estimate of drug-likeness (QED) is 0.499. The van der Waals surface area contributed by atoms with Gasteiger partial charge in [-0.2, -0.15) is 4.31 Å². The molecule has 2 rings (SSSR count). The second kappa shape index (κ2) is 7.20. The fraction of sp³-hybridized carbons (Fsp3) is 0.500. The van der Waals surface area contributed by atoms with Gasteiger partial charge in [-0.15, -0.1) is 6.42 Å². The summed E-state index contributed by atoms with van der Waals surface area (Å²) in [4.78, 5) is 10.6. The van der Waals surface area contributed by atoms with Crippen LogP contribution in [0, 0.1) is 34.3 Å². The number of nitro groups is 1. The lowest BCUT2D eigenvalue weighted by Crippen LogP contribution is -2.42. The second-order valence-electron chi connectivity index (χ2n) is 6.26. The number of nitrogens with one attached hydrogen (secondary N) is 1. The predicted octanol–water partition coefficient (Wildman–Crippen LogP) is 2.31. The summed E-state index contributed by atoms with van der Waals surface area (Å²) in [6.45, 7) is 4.99. The second-order valence-corrected chi connectivity index (χ2v) is 8.20. The van der Waals surface area contributed by atoms with Crippen LogP contribution in [-0.2, 0) is 10.0 Å². The van der Waals surface area contributed by atoms with E-state index in [2.05, 4.69) is 11.2 Å². The molecule has 0 amide bonds. The van der Waals surface area contributed by atoms with Crippen LogP contribution < -0.4 is 5.32 Å². The lowest BCUT2D eigenvalue weighted by Gasteiger charge is -2.34. The van der Waals surface area contributed by atoms with Gasteiger partial charge in [0.25, 0.3) is 5.69 Å². The summed E-state index contributed by atoms with van der Waals surface area (Å²) < 4.78 is 27.1. The monoisotopic (exact) mass is 351 g/mol. The van der Waals surface area contributed by atoms with Gasteiger partial charge >= 0.3 is 0 Å². The summed E-state index contributed by atoms with van der Waals surface area (Å²) in [6, 6.07) is 3.86. The summed E-state index contributed by atoms with van der Waals surface area (Å²) in [5.41, 5.74) is -0.0956. The first-order valence-corrected chi connectivity index (χ1v) is 9.15. The van der Waals surface area contributed by atoms with Crippen molar-refractivity contribution in [1.82, 2.24) is 4.31 Å². The molecule has 0 saturated carbocycles. The number of sulfonamides is 1. The van der Waals surface area contributed by atoms with Gasteiger partial charge < -0.3 is 5.32 Å². The molecule has 1 aromatic carbocycles. The van der Waals surface area contributed by atoms with Crippen molar-refractivity contribution >= 4 is 21.4 Å². The van der Waals surface area contributed by atoms with Crippen molar-refractivity contribution in [3.63, 3.8) is 0 Å². The number of terminal acetylenes is 1. The molecule has 0 unspecified atom stereocenters. The first-order chi connectivity index (χ1) is 11.3. The van der Waals surface area contributed by atoms with E-state index < -0.39 is 14.9 Å². The number of nitrogens with zero attached hydrogens (tertiary/aromatic N) is 2. The van der Waals surface area contributed by atoms with Gasteiger partial charge in [0.15, 0.2) is 0 Å². The van der Waals surface area contributed by atoms with Crippen LogP contribution in [0.3, 0.4) is 0 Å². The highest BCUT2D eigenvalue weighted by Crippen LogP contribution is 2.31. The Morgan fingerprint density at radius 1 is 1.38 bits per heavy atom. The van der Waals surface area contributed by atoms with Crippen molar-refractivity contribution in [2.75, 3.05) is 25.0 Å². The van der Waals surface area contributed by atoms with Crippen molar-refractivity contribution in [3.05, 3.63) is 28.3 Å². The Labute approximate surface area is 142 Å². The van der Waals surface area contributed by atoms with E-state index in [0.717, 1.165) is 12.5 Å². The van der Waals surface area contributed by atoms with E-state index in [1.807, 2.05) is 13.8 Å². The average Bonchev–Trinajstić information content (AvgIpc) is 2.51. The Kier molecular flexibility index (Phi) is 5.47. The Bertz CT molecular complexity index is 760. The highest BCUT2D eigenvalue weighted by molar-refractivity contribution is 7.89. The molecule has 2 atom stereocenters. The molecule has 1 N–H and O–H groups in total. The summed E-state index contributed by atoms with van der Waals surface area (Å²) in [6.07, 6.45) is 6.11. The molecule has 1 heterocycles. The van der Waals surface area contributed by atoms with E-state index in [1.165, 1.54) is 16.4 Å². The summed E-state index contributed by atoms with van der Waals surface area (Å²) >= 11 is 0. The normalized spacial score (nSPS) is 21.9. The van der Waals surface area contributed by atoms with Gasteiger partial charge in [0, 0.05) is 19.2 Å². The first-order valence-electron chi connectivity index (χ1n) is 7.71. The molecule has 0 aliphatic carbocycles. The molecule has 8 heteroatoms. The first kappa shape index (κ1) is 18.2. The van der Waals surface area contributed by atoms with Gasteiger partial charge in [-0.1, -0.05) is 19.8 Å². The number of piperidine rings is 1. The van der Waals surface area contributed by atoms with Crippen molar-refractivity contribution in [2.24, 2.45) is 11.8 Å². The summed E-state index contributed by atoms with van der Waals surface area (Å²) in [7, 11) is -3.76. The lowest BCUT2D eigenvalue weighted by molar-refractivity contribution is -0.384. The highest BCUT2D eigenvalue weighted by atomic mass is 32.2. The van der Waals surface area contributed by atoms with Crippen LogP contribution in [0.2, 0.25) is 0 Å². The Morgan fingerprint density at radius 2 is 2.00 bits per heavy atom. The standard InChI is InChI=1S/C16H21N3O4S/c1-4-7-17-15-6-5-14(9-16(15)19(20)21)24(22,23)18-10-12(2)8-13(3)11-18/h1,5-6,9,12-13,17H,7-8,10-11H2,2-3H3/t12-,13+. The van der Waals surface area contributed by atoms with Gasteiger partial charge in [0.2, 0.25) is 10.0 Å². The Balaban J connectivity index is 2.38. The van der Waals surface area contributed by atoms with Crippen LogP contribution in [0.1, 0.15) is 20.3 Å². The highest BCUT2D eigenvalue weighted by Gasteiger charge is 2.32. The Hall–Kier alpha value is -2.11. The molecule has 0 bridgehead atoms. The smallest absolute Gasteiger partial charge is 0.293 e. The third kappa shape index (κ3) is 3.86. The van der Waals surface area contributed by atoms with Crippen LogP contribution >= 0.6 is 0 Å². The molecule has 0 aromatic heterocycles. The third-order valence-electron chi connectivity index (χ3n) is 4.02. The zero-order chi connectivity index (χ0) is 17.9. The molecule has 130 valence electrons. The van der Waals surface area contributed by atoms with E-state index in [4.69, 9.17) is 6.42 Å². The van der Waals surface area contributed by atoms with Crippen LogP contribution in [0.15, 0.2) is 23.1 Å². The maximum absolute atomic E-state index is 12.8. The van der Waals surface area contributed by atoms with Crippen molar-refractivity contribution in [2.45, 2.75) is 25.2 Å². The van der Waals surface area contributed by atoms with Gasteiger partial charge in [0.1, 0.15) is 5.69 Å². The number of benzene rings is 1. The molecule has 7 nitrogen and oxygen atoms in total. The molecule has 1 fully saturated rings. The lowest BCUT2D eigenvalue weighted by atomic mass is 9.94. The van der Waals surface area contributed by atoms with Crippen LogP contribution in [0.25, 0.3) is 0 Å². The fourth-order valence-electron chi connectivity index (χ4n) is 3.07. The molecule has 0 spiro atoms.